The highest BCUT2D eigenvalue weighted by molar-refractivity contribution is 5.79. The summed E-state index contributed by atoms with van der Waals surface area (Å²) in [4.78, 5) is 6.83. The number of nitrogens with one attached hydrogen (secondary N) is 2. The Bertz CT molecular complexity index is 725. The topological polar surface area (TPSA) is 71.3 Å². The number of benzene rings is 1. The summed E-state index contributed by atoms with van der Waals surface area (Å²) < 4.78 is 16.3. The molecule has 1 fully saturated rings. The van der Waals surface area contributed by atoms with E-state index in [1.165, 1.54) is 12.8 Å². The minimum atomic E-state index is 0.217. The molecule has 2 heterocycles. The van der Waals surface area contributed by atoms with E-state index >= 15 is 0 Å². The van der Waals surface area contributed by atoms with Crippen molar-refractivity contribution in [2.45, 2.75) is 25.4 Å². The van der Waals surface area contributed by atoms with Gasteiger partial charge in [-0.2, -0.15) is 0 Å². The first-order chi connectivity index (χ1) is 14.3. The summed E-state index contributed by atoms with van der Waals surface area (Å²) in [5, 5.41) is 6.83. The van der Waals surface area contributed by atoms with Crippen LogP contribution in [0, 0.1) is 0 Å². The van der Waals surface area contributed by atoms with Crippen molar-refractivity contribution in [3.63, 3.8) is 0 Å². The number of hydrogen-bond donors (Lipinski definition) is 2. The summed E-state index contributed by atoms with van der Waals surface area (Å²) in [5.74, 6) is 2.63. The molecule has 1 aromatic carbocycles. The third-order valence-electron chi connectivity index (χ3n) is 5.08. The summed E-state index contributed by atoms with van der Waals surface area (Å²) in [5.41, 5.74) is 1.16. The van der Waals surface area contributed by atoms with Crippen molar-refractivity contribution >= 4 is 5.96 Å². The van der Waals surface area contributed by atoms with Gasteiger partial charge < -0.3 is 24.5 Å². The average molecular weight is 401 g/mol. The Labute approximate surface area is 173 Å². The monoisotopic (exact) mass is 400 g/mol. The van der Waals surface area contributed by atoms with Crippen LogP contribution >= 0.6 is 0 Å². The van der Waals surface area contributed by atoms with Gasteiger partial charge in [0, 0.05) is 27.2 Å². The van der Waals surface area contributed by atoms with E-state index < -0.39 is 0 Å². The van der Waals surface area contributed by atoms with Gasteiger partial charge in [0.15, 0.2) is 5.96 Å². The summed E-state index contributed by atoms with van der Waals surface area (Å²) in [6, 6.07) is 12.3. The van der Waals surface area contributed by atoms with E-state index in [0.29, 0.717) is 19.8 Å². The Hall–Kier alpha value is -2.51. The van der Waals surface area contributed by atoms with Gasteiger partial charge in [-0.05, 0) is 55.8 Å². The van der Waals surface area contributed by atoms with Crippen LogP contribution in [0.3, 0.4) is 0 Å². The van der Waals surface area contributed by atoms with Crippen LogP contribution in [0.15, 0.2) is 52.1 Å². The van der Waals surface area contributed by atoms with Crippen molar-refractivity contribution in [3.8, 4) is 5.75 Å². The summed E-state index contributed by atoms with van der Waals surface area (Å²) in [6.07, 6.45) is 4.23. The fourth-order valence-electron chi connectivity index (χ4n) is 3.49. The number of guanidine groups is 1. The van der Waals surface area contributed by atoms with Crippen LogP contribution in [0.2, 0.25) is 0 Å². The standard InChI is InChI=1S/C22H32N4O3/c1-23-22(24-16-18-7-9-19(10-8-18)28-15-14-27-2)25-17-20(21-6-5-13-29-21)26-11-3-4-12-26/h5-10,13,20H,3-4,11-12,14-17H2,1-2H3,(H2,23,24,25). The van der Waals surface area contributed by atoms with Crippen molar-refractivity contribution in [1.29, 1.82) is 0 Å². The molecule has 7 nitrogen and oxygen atoms in total. The molecule has 0 bridgehead atoms. The van der Waals surface area contributed by atoms with Crippen molar-refractivity contribution < 1.29 is 13.9 Å². The molecule has 0 saturated carbocycles. The fraction of sp³-hybridized carbons (Fsp3) is 0.500. The lowest BCUT2D eigenvalue weighted by atomic mass is 10.2. The highest BCUT2D eigenvalue weighted by Crippen LogP contribution is 2.24. The fourth-order valence-corrected chi connectivity index (χ4v) is 3.49. The van der Waals surface area contributed by atoms with Gasteiger partial charge in [-0.15, -0.1) is 0 Å². The van der Waals surface area contributed by atoms with Crippen LogP contribution in [0.4, 0.5) is 0 Å². The Morgan fingerprint density at radius 1 is 1.14 bits per heavy atom. The Morgan fingerprint density at radius 2 is 1.93 bits per heavy atom. The SMILES string of the molecule is CN=C(NCc1ccc(OCCOC)cc1)NCC(c1ccco1)N1CCCC1. The van der Waals surface area contributed by atoms with E-state index in [4.69, 9.17) is 13.9 Å². The lowest BCUT2D eigenvalue weighted by Crippen LogP contribution is -2.42. The molecule has 158 valence electrons. The quantitative estimate of drug-likeness (QED) is 0.363. The first-order valence-electron chi connectivity index (χ1n) is 10.2. The van der Waals surface area contributed by atoms with Crippen molar-refractivity contribution in [1.82, 2.24) is 15.5 Å². The van der Waals surface area contributed by atoms with Crippen molar-refractivity contribution in [3.05, 3.63) is 54.0 Å². The van der Waals surface area contributed by atoms with Gasteiger partial charge in [0.2, 0.25) is 0 Å². The minimum Gasteiger partial charge on any atom is -0.491 e. The molecule has 3 rings (SSSR count). The number of ether oxygens (including phenoxy) is 2. The molecule has 1 aliphatic heterocycles. The third-order valence-corrected chi connectivity index (χ3v) is 5.08. The molecule has 1 atom stereocenters. The second-order valence-electron chi connectivity index (χ2n) is 7.07. The van der Waals surface area contributed by atoms with Gasteiger partial charge in [-0.3, -0.25) is 9.89 Å². The largest absolute Gasteiger partial charge is 0.491 e. The number of aliphatic imine (C=N–C) groups is 1. The number of likely N-dealkylation sites (tertiary alicyclic amines) is 1. The third kappa shape index (κ3) is 6.51. The normalized spacial score (nSPS) is 16.0. The summed E-state index contributed by atoms with van der Waals surface area (Å²) in [7, 11) is 3.46. The number of furan rings is 1. The molecule has 7 heteroatoms. The maximum Gasteiger partial charge on any atom is 0.191 e. The van der Waals surface area contributed by atoms with Crippen LogP contribution in [0.1, 0.15) is 30.2 Å². The second-order valence-corrected chi connectivity index (χ2v) is 7.07. The molecule has 0 amide bonds. The van der Waals surface area contributed by atoms with Gasteiger partial charge in [0.1, 0.15) is 18.1 Å². The molecule has 1 unspecified atom stereocenters. The van der Waals surface area contributed by atoms with E-state index in [0.717, 1.165) is 42.7 Å². The first kappa shape index (κ1) is 21.2. The van der Waals surface area contributed by atoms with Crippen LogP contribution in [-0.2, 0) is 11.3 Å². The molecule has 0 spiro atoms. The first-order valence-corrected chi connectivity index (χ1v) is 10.2. The molecule has 1 saturated heterocycles. The molecular weight excluding hydrogens is 368 g/mol. The maximum absolute atomic E-state index is 5.69. The molecule has 2 aromatic rings. The minimum absolute atomic E-state index is 0.217. The number of nitrogens with zero attached hydrogens (tertiary/aromatic N) is 2. The van der Waals surface area contributed by atoms with Gasteiger partial charge in [0.25, 0.3) is 0 Å². The number of methoxy groups -OCH3 is 1. The Morgan fingerprint density at radius 3 is 2.59 bits per heavy atom. The average Bonchev–Trinajstić information content (AvgIpc) is 3.46. The van der Waals surface area contributed by atoms with Crippen LogP contribution in [0.5, 0.6) is 5.75 Å². The Balaban J connectivity index is 1.48. The van der Waals surface area contributed by atoms with Gasteiger partial charge in [0.05, 0.1) is 18.9 Å². The lowest BCUT2D eigenvalue weighted by molar-refractivity contribution is 0.146. The van der Waals surface area contributed by atoms with Crippen LogP contribution in [0.25, 0.3) is 0 Å². The summed E-state index contributed by atoms with van der Waals surface area (Å²) in [6.45, 7) is 4.79. The van der Waals surface area contributed by atoms with E-state index in [2.05, 4.69) is 38.7 Å². The van der Waals surface area contributed by atoms with Crippen LogP contribution < -0.4 is 15.4 Å². The van der Waals surface area contributed by atoms with E-state index in [1.807, 2.05) is 18.2 Å². The molecule has 2 N–H and O–H groups in total. The maximum atomic E-state index is 5.69. The predicted molar refractivity (Wildman–Crippen MR) is 114 cm³/mol. The zero-order valence-corrected chi connectivity index (χ0v) is 17.4. The molecule has 0 radical (unpaired) electrons. The van der Waals surface area contributed by atoms with Gasteiger partial charge in [-0.1, -0.05) is 12.1 Å². The number of hydrogen-bond acceptors (Lipinski definition) is 5. The molecule has 1 aliphatic rings. The molecule has 0 aliphatic carbocycles. The second kappa shape index (κ2) is 11.5. The van der Waals surface area contributed by atoms with Gasteiger partial charge >= 0.3 is 0 Å². The van der Waals surface area contributed by atoms with Crippen LogP contribution in [-0.4, -0.2) is 57.9 Å². The van der Waals surface area contributed by atoms with Crippen molar-refractivity contribution in [2.24, 2.45) is 4.99 Å². The molecule has 1 aromatic heterocycles. The van der Waals surface area contributed by atoms with E-state index in [1.54, 1.807) is 20.4 Å². The predicted octanol–water partition coefficient (Wildman–Crippen LogP) is 2.81. The zero-order valence-electron chi connectivity index (χ0n) is 17.4. The molecule has 29 heavy (non-hydrogen) atoms. The smallest absolute Gasteiger partial charge is 0.191 e. The molecular formula is C22H32N4O3. The highest BCUT2D eigenvalue weighted by Gasteiger charge is 2.25. The lowest BCUT2D eigenvalue weighted by Gasteiger charge is -2.26. The zero-order chi connectivity index (χ0) is 20.3. The van der Waals surface area contributed by atoms with Gasteiger partial charge in [-0.25, -0.2) is 0 Å². The summed E-state index contributed by atoms with van der Waals surface area (Å²) >= 11 is 0. The highest BCUT2D eigenvalue weighted by atomic mass is 16.5. The van der Waals surface area contributed by atoms with E-state index in [-0.39, 0.29) is 6.04 Å². The number of rotatable bonds is 10. The Kier molecular flexibility index (Phi) is 8.40. The van der Waals surface area contributed by atoms with Crippen molar-refractivity contribution in [2.75, 3.05) is 47.0 Å². The van der Waals surface area contributed by atoms with E-state index in [9.17, 15) is 0 Å².